The lowest BCUT2D eigenvalue weighted by molar-refractivity contribution is -0.117. The lowest BCUT2D eigenvalue weighted by atomic mass is 10.1. The topological polar surface area (TPSA) is 109 Å². The molecule has 0 radical (unpaired) electrons. The lowest BCUT2D eigenvalue weighted by Crippen LogP contribution is -2.13. The number of aromatic amines is 1. The number of primary amides is 1. The van der Waals surface area contributed by atoms with Crippen molar-refractivity contribution in [1.82, 2.24) is 4.98 Å². The third kappa shape index (κ3) is 5.99. The highest BCUT2D eigenvalue weighted by Crippen LogP contribution is 2.24. The van der Waals surface area contributed by atoms with Crippen LogP contribution in [0, 0.1) is 0 Å². The molecule has 6 N–H and O–H groups in total. The highest BCUT2D eigenvalue weighted by Gasteiger charge is 2.03. The number of nitrogens with zero attached hydrogens (tertiary/aromatic N) is 1. The zero-order valence-corrected chi connectivity index (χ0v) is 16.3. The minimum Gasteiger partial charge on any atom is -0.369 e. The van der Waals surface area contributed by atoms with E-state index in [2.05, 4.69) is 15.3 Å². The van der Waals surface area contributed by atoms with E-state index in [0.29, 0.717) is 6.54 Å². The quantitative estimate of drug-likeness (QED) is 0.356. The van der Waals surface area contributed by atoms with Gasteiger partial charge in [-0.05, 0) is 54.4 Å². The summed E-state index contributed by atoms with van der Waals surface area (Å²) in [6.07, 6.45) is 4.73. The van der Waals surface area contributed by atoms with Gasteiger partial charge in [0.25, 0.3) is 0 Å². The first kappa shape index (κ1) is 22.5. The van der Waals surface area contributed by atoms with E-state index in [1.54, 1.807) is 6.34 Å². The molecule has 0 aliphatic heterocycles. The van der Waals surface area contributed by atoms with Crippen molar-refractivity contribution < 1.29 is 4.79 Å². The van der Waals surface area contributed by atoms with Crippen LogP contribution in [0.15, 0.2) is 53.7 Å². The zero-order valence-electron chi connectivity index (χ0n) is 14.6. The van der Waals surface area contributed by atoms with Gasteiger partial charge in [-0.25, -0.2) is 4.99 Å². The number of amides is 1. The summed E-state index contributed by atoms with van der Waals surface area (Å²) in [4.78, 5) is 18.6. The van der Waals surface area contributed by atoms with Crippen molar-refractivity contribution in [3.8, 4) is 0 Å². The molecule has 3 aromatic rings. The summed E-state index contributed by atoms with van der Waals surface area (Å²) >= 11 is 0. The fourth-order valence-corrected chi connectivity index (χ4v) is 2.71. The molecule has 0 spiro atoms. The Hall–Kier alpha value is -2.54. The first-order valence-electron chi connectivity index (χ1n) is 8.12. The number of rotatable bonds is 7. The molecule has 0 saturated heterocycles. The van der Waals surface area contributed by atoms with Crippen LogP contribution in [0.2, 0.25) is 0 Å². The van der Waals surface area contributed by atoms with Crippen LogP contribution in [0.1, 0.15) is 11.1 Å². The minimum absolute atomic E-state index is 0. The molecule has 1 aromatic heterocycles. The average molecular weight is 408 g/mol. The van der Waals surface area contributed by atoms with Crippen LogP contribution in [0.3, 0.4) is 0 Å². The van der Waals surface area contributed by atoms with Crippen molar-refractivity contribution in [1.29, 1.82) is 0 Å². The Morgan fingerprint density at radius 1 is 1.15 bits per heavy atom. The van der Waals surface area contributed by atoms with Crippen molar-refractivity contribution in [2.24, 2.45) is 16.5 Å². The zero-order chi connectivity index (χ0) is 17.6. The molecule has 0 aliphatic carbocycles. The summed E-state index contributed by atoms with van der Waals surface area (Å²) in [5, 5.41) is 4.27. The number of aliphatic imine (C=N–C) groups is 1. The molecule has 1 heterocycles. The van der Waals surface area contributed by atoms with E-state index in [1.807, 2.05) is 48.7 Å². The van der Waals surface area contributed by atoms with Crippen molar-refractivity contribution in [2.75, 3.05) is 11.9 Å². The molecule has 0 aliphatic rings. The Morgan fingerprint density at radius 3 is 2.56 bits per heavy atom. The van der Waals surface area contributed by atoms with Crippen LogP contribution < -0.4 is 16.8 Å². The van der Waals surface area contributed by atoms with Gasteiger partial charge in [0.2, 0.25) is 5.91 Å². The van der Waals surface area contributed by atoms with E-state index in [1.165, 1.54) is 5.56 Å². The number of fused-ring (bicyclic) bond motifs is 1. The standard InChI is InChI=1S/C19H21N5O.2ClH/c20-8-7-14-11-22-18-6-5-16(10-17(14)18)24-12-23-15-3-1-13(2-4-15)9-19(21)25;;/h1-6,10-12,22H,7-9,20H2,(H2,21,25)(H,23,24);2*1H. The van der Waals surface area contributed by atoms with Crippen molar-refractivity contribution in [2.45, 2.75) is 12.8 Å². The Bertz CT molecular complexity index is 906. The molecular weight excluding hydrogens is 385 g/mol. The molecule has 0 unspecified atom stereocenters. The number of H-pyrrole nitrogens is 1. The summed E-state index contributed by atoms with van der Waals surface area (Å²) < 4.78 is 0. The molecule has 1 amide bonds. The highest BCUT2D eigenvalue weighted by atomic mass is 35.5. The molecule has 0 fully saturated rings. The second-order valence-electron chi connectivity index (χ2n) is 5.83. The molecular formula is C19H23Cl2N5O. The van der Waals surface area contributed by atoms with Gasteiger partial charge in [-0.1, -0.05) is 12.1 Å². The molecule has 2 aromatic carbocycles. The van der Waals surface area contributed by atoms with Crippen LogP contribution in [-0.2, 0) is 17.6 Å². The van der Waals surface area contributed by atoms with Crippen molar-refractivity contribution in [3.05, 3.63) is 59.8 Å². The smallest absolute Gasteiger partial charge is 0.221 e. The van der Waals surface area contributed by atoms with Gasteiger partial charge in [-0.3, -0.25) is 4.79 Å². The van der Waals surface area contributed by atoms with Gasteiger partial charge in [0, 0.05) is 22.8 Å². The van der Waals surface area contributed by atoms with Gasteiger partial charge in [-0.15, -0.1) is 24.8 Å². The number of carbonyl (C=O) groups excluding carboxylic acids is 1. The Balaban J connectivity index is 0.00000182. The number of nitrogens with one attached hydrogen (secondary N) is 2. The molecule has 8 heteroatoms. The molecule has 6 nitrogen and oxygen atoms in total. The van der Waals surface area contributed by atoms with Gasteiger partial charge in [-0.2, -0.15) is 0 Å². The maximum Gasteiger partial charge on any atom is 0.221 e. The van der Waals surface area contributed by atoms with Crippen LogP contribution in [-0.4, -0.2) is 23.8 Å². The maximum atomic E-state index is 10.9. The Kier molecular flexibility index (Phi) is 8.81. The number of anilines is 1. The maximum absolute atomic E-state index is 10.9. The van der Waals surface area contributed by atoms with Crippen LogP contribution in [0.25, 0.3) is 10.9 Å². The predicted octanol–water partition coefficient (Wildman–Crippen LogP) is 3.31. The van der Waals surface area contributed by atoms with Gasteiger partial charge < -0.3 is 21.8 Å². The molecule has 144 valence electrons. The molecule has 0 saturated carbocycles. The fourth-order valence-electron chi connectivity index (χ4n) is 2.71. The second kappa shape index (κ2) is 10.6. The first-order valence-corrected chi connectivity index (χ1v) is 8.12. The molecule has 3 rings (SSSR count). The number of hydrogen-bond donors (Lipinski definition) is 4. The summed E-state index contributed by atoms with van der Waals surface area (Å²) in [5.74, 6) is -0.337. The van der Waals surface area contributed by atoms with E-state index >= 15 is 0 Å². The highest BCUT2D eigenvalue weighted by molar-refractivity contribution is 5.87. The molecule has 27 heavy (non-hydrogen) atoms. The van der Waals surface area contributed by atoms with Crippen LogP contribution in [0.5, 0.6) is 0 Å². The number of halogens is 2. The summed E-state index contributed by atoms with van der Waals surface area (Å²) in [6.45, 7) is 0.619. The van der Waals surface area contributed by atoms with Crippen LogP contribution in [0.4, 0.5) is 11.4 Å². The predicted molar refractivity (Wildman–Crippen MR) is 117 cm³/mol. The van der Waals surface area contributed by atoms with Gasteiger partial charge in [0.15, 0.2) is 0 Å². The van der Waals surface area contributed by atoms with Gasteiger partial charge >= 0.3 is 0 Å². The van der Waals surface area contributed by atoms with Crippen molar-refractivity contribution >= 4 is 59.3 Å². The third-order valence-electron chi connectivity index (χ3n) is 3.94. The second-order valence-corrected chi connectivity index (χ2v) is 5.83. The number of nitrogens with two attached hydrogens (primary N) is 2. The average Bonchev–Trinajstić information content (AvgIpc) is 2.99. The molecule has 0 bridgehead atoms. The molecule has 0 atom stereocenters. The van der Waals surface area contributed by atoms with E-state index < -0.39 is 0 Å². The monoisotopic (exact) mass is 407 g/mol. The number of hydrogen-bond acceptors (Lipinski definition) is 3. The van der Waals surface area contributed by atoms with Crippen molar-refractivity contribution in [3.63, 3.8) is 0 Å². The Morgan fingerprint density at radius 2 is 1.89 bits per heavy atom. The van der Waals surface area contributed by atoms with E-state index in [0.717, 1.165) is 34.3 Å². The normalized spacial score (nSPS) is 10.4. The number of benzene rings is 2. The van der Waals surface area contributed by atoms with E-state index in [4.69, 9.17) is 11.5 Å². The third-order valence-corrected chi connectivity index (χ3v) is 3.94. The summed E-state index contributed by atoms with van der Waals surface area (Å²) in [7, 11) is 0. The number of carbonyl (C=O) groups is 1. The summed E-state index contributed by atoms with van der Waals surface area (Å²) in [5.41, 5.74) is 15.8. The largest absolute Gasteiger partial charge is 0.369 e. The summed E-state index contributed by atoms with van der Waals surface area (Å²) in [6, 6.07) is 13.5. The van der Waals surface area contributed by atoms with E-state index in [-0.39, 0.29) is 37.1 Å². The SMILES string of the molecule is Cl.Cl.NCCc1c[nH]c2ccc(N=CNc3ccc(CC(N)=O)cc3)cc12. The van der Waals surface area contributed by atoms with Gasteiger partial charge in [0.1, 0.15) is 0 Å². The number of aromatic nitrogens is 1. The fraction of sp³-hybridized carbons (Fsp3) is 0.158. The minimum atomic E-state index is -0.337. The first-order chi connectivity index (χ1) is 12.2. The van der Waals surface area contributed by atoms with Gasteiger partial charge in [0.05, 0.1) is 18.4 Å². The van der Waals surface area contributed by atoms with Crippen LogP contribution >= 0.6 is 24.8 Å². The Labute approximate surface area is 170 Å². The van der Waals surface area contributed by atoms with E-state index in [9.17, 15) is 4.79 Å². The lowest BCUT2D eigenvalue weighted by Gasteiger charge is -2.02.